The Morgan fingerprint density at radius 1 is 0.776 bits per heavy atom. The first-order valence-electron chi connectivity index (χ1n) is 17.2. The van der Waals surface area contributed by atoms with Gasteiger partial charge in [0.05, 0.1) is 19.3 Å². The van der Waals surface area contributed by atoms with Gasteiger partial charge < -0.3 is 20.5 Å². The third-order valence-corrected chi connectivity index (χ3v) is 8.73. The summed E-state index contributed by atoms with van der Waals surface area (Å²) >= 11 is 0. The van der Waals surface area contributed by atoms with Gasteiger partial charge in [-0.3, -0.25) is 9.48 Å². The number of unbranched alkanes of at least 4 members (excludes halogenated alkanes) is 1. The molecule has 6 rings (SSSR count). The highest BCUT2D eigenvalue weighted by Gasteiger charge is 2.20. The molecule has 252 valence electrons. The minimum atomic E-state index is -0.123. The fourth-order valence-corrected chi connectivity index (χ4v) is 6.14. The molecule has 8 heteroatoms. The smallest absolute Gasteiger partial charge is 0.251 e. The van der Waals surface area contributed by atoms with Crippen LogP contribution in [0.15, 0.2) is 109 Å². The van der Waals surface area contributed by atoms with E-state index in [0.717, 1.165) is 69.9 Å². The van der Waals surface area contributed by atoms with Crippen LogP contribution in [0, 0.1) is 5.92 Å². The Labute approximate surface area is 288 Å². The van der Waals surface area contributed by atoms with Gasteiger partial charge in [-0.05, 0) is 77.5 Å². The van der Waals surface area contributed by atoms with Crippen LogP contribution in [0.3, 0.4) is 0 Å². The first kappa shape index (κ1) is 33.7. The molecule has 1 aromatic heterocycles. The van der Waals surface area contributed by atoms with Crippen molar-refractivity contribution in [3.63, 3.8) is 0 Å². The average molecular weight is 656 g/mol. The van der Waals surface area contributed by atoms with Crippen molar-refractivity contribution < 1.29 is 14.3 Å². The summed E-state index contributed by atoms with van der Waals surface area (Å²) in [6.07, 6.45) is 5.44. The normalized spacial score (nSPS) is 12.0. The first-order chi connectivity index (χ1) is 24.0. The molecule has 1 atom stereocenters. The van der Waals surface area contributed by atoms with Crippen molar-refractivity contribution in [3.8, 4) is 22.6 Å². The molecule has 0 unspecified atom stereocenters. The minimum Gasteiger partial charge on any atom is -0.493 e. The van der Waals surface area contributed by atoms with E-state index < -0.39 is 0 Å². The van der Waals surface area contributed by atoms with E-state index in [1.54, 1.807) is 4.68 Å². The van der Waals surface area contributed by atoms with Gasteiger partial charge in [-0.25, -0.2) is 0 Å². The predicted octanol–water partition coefficient (Wildman–Crippen LogP) is 8.18. The van der Waals surface area contributed by atoms with Gasteiger partial charge in [-0.2, -0.15) is 0 Å². The molecule has 5 aromatic carbocycles. The van der Waals surface area contributed by atoms with Crippen molar-refractivity contribution in [1.29, 1.82) is 0 Å². The maximum Gasteiger partial charge on any atom is 0.251 e. The molecule has 1 amide bonds. The third kappa shape index (κ3) is 8.45. The maximum absolute atomic E-state index is 13.0. The summed E-state index contributed by atoms with van der Waals surface area (Å²) in [4.78, 5) is 13.0. The van der Waals surface area contributed by atoms with Crippen molar-refractivity contribution in [3.05, 3.63) is 121 Å². The predicted molar refractivity (Wildman–Crippen MR) is 197 cm³/mol. The van der Waals surface area contributed by atoms with Gasteiger partial charge in [0.2, 0.25) is 0 Å². The van der Waals surface area contributed by atoms with Gasteiger partial charge in [0, 0.05) is 22.7 Å². The summed E-state index contributed by atoms with van der Waals surface area (Å²) in [6.45, 7) is 6.39. The number of hydrogen-bond acceptors (Lipinski definition) is 6. The maximum atomic E-state index is 13.0. The summed E-state index contributed by atoms with van der Waals surface area (Å²) in [5.74, 6) is 2.01. The molecule has 0 aliphatic rings. The van der Waals surface area contributed by atoms with Crippen LogP contribution in [-0.2, 0) is 13.2 Å². The Balaban J connectivity index is 1.27. The number of carbonyl (C=O) groups is 1. The average Bonchev–Trinajstić information content (AvgIpc) is 3.57. The Kier molecular flexibility index (Phi) is 11.2. The van der Waals surface area contributed by atoms with Crippen molar-refractivity contribution >= 4 is 27.5 Å². The van der Waals surface area contributed by atoms with Crippen LogP contribution in [0.25, 0.3) is 32.7 Å². The number of hydrogen-bond donors (Lipinski definition) is 2. The van der Waals surface area contributed by atoms with E-state index in [1.807, 2.05) is 42.6 Å². The van der Waals surface area contributed by atoms with Gasteiger partial charge in [-0.1, -0.05) is 104 Å². The SMILES string of the molecule is CC(C)CCOc1ccc2ccccc2c1-c1c(OCc2cn(C[C@@H](CCCCN)NC(=O)c3ccccc3)nn2)ccc2ccccc12. The summed E-state index contributed by atoms with van der Waals surface area (Å²) in [5.41, 5.74) is 9.09. The van der Waals surface area contributed by atoms with E-state index in [1.165, 1.54) is 0 Å². The highest BCUT2D eigenvalue weighted by molar-refractivity contribution is 6.09. The highest BCUT2D eigenvalue weighted by atomic mass is 16.5. The van der Waals surface area contributed by atoms with Crippen LogP contribution in [0.2, 0.25) is 0 Å². The van der Waals surface area contributed by atoms with Crippen LogP contribution >= 0.6 is 0 Å². The number of nitrogens with one attached hydrogen (secondary N) is 1. The highest BCUT2D eigenvalue weighted by Crippen LogP contribution is 2.45. The number of ether oxygens (including phenoxy) is 2. The Hall–Kier alpha value is -5.21. The molecule has 0 aliphatic heterocycles. The molecule has 1 heterocycles. The molecule has 0 saturated heterocycles. The lowest BCUT2D eigenvalue weighted by molar-refractivity contribution is 0.0929. The second kappa shape index (κ2) is 16.3. The van der Waals surface area contributed by atoms with Crippen molar-refractivity contribution in [2.75, 3.05) is 13.2 Å². The number of amides is 1. The molecule has 0 aliphatic carbocycles. The van der Waals surface area contributed by atoms with Crippen LogP contribution < -0.4 is 20.5 Å². The molecule has 0 spiro atoms. The molecule has 49 heavy (non-hydrogen) atoms. The van der Waals surface area contributed by atoms with Crippen molar-refractivity contribution in [1.82, 2.24) is 20.3 Å². The van der Waals surface area contributed by atoms with Crippen molar-refractivity contribution in [2.24, 2.45) is 11.7 Å². The second-order valence-corrected chi connectivity index (χ2v) is 12.9. The largest absolute Gasteiger partial charge is 0.493 e. The van der Waals surface area contributed by atoms with E-state index >= 15 is 0 Å². The number of carbonyl (C=O) groups excluding carboxylic acids is 1. The molecule has 3 N–H and O–H groups in total. The molecular formula is C41H45N5O3. The van der Waals surface area contributed by atoms with E-state index in [4.69, 9.17) is 15.2 Å². The molecule has 0 saturated carbocycles. The number of fused-ring (bicyclic) bond motifs is 2. The summed E-state index contributed by atoms with van der Waals surface area (Å²) in [6, 6.07) is 34.3. The topological polar surface area (TPSA) is 104 Å². The fourth-order valence-electron chi connectivity index (χ4n) is 6.14. The number of nitrogens with zero attached hydrogens (tertiary/aromatic N) is 3. The summed E-state index contributed by atoms with van der Waals surface area (Å²) in [5, 5.41) is 16.5. The molecule has 6 aromatic rings. The van der Waals surface area contributed by atoms with Gasteiger partial charge in [-0.15, -0.1) is 5.10 Å². The zero-order chi connectivity index (χ0) is 34.0. The number of nitrogens with two attached hydrogens (primary N) is 1. The fraction of sp³-hybridized carbons (Fsp3) is 0.293. The van der Waals surface area contributed by atoms with E-state index in [-0.39, 0.29) is 18.6 Å². The van der Waals surface area contributed by atoms with Gasteiger partial charge in [0.25, 0.3) is 5.91 Å². The van der Waals surface area contributed by atoms with Crippen LogP contribution in [0.1, 0.15) is 55.6 Å². The lowest BCUT2D eigenvalue weighted by Crippen LogP contribution is -2.38. The molecular weight excluding hydrogens is 610 g/mol. The molecule has 0 radical (unpaired) electrons. The van der Waals surface area contributed by atoms with Gasteiger partial charge >= 0.3 is 0 Å². The van der Waals surface area contributed by atoms with Gasteiger partial charge in [0.1, 0.15) is 23.8 Å². The zero-order valence-electron chi connectivity index (χ0n) is 28.3. The zero-order valence-corrected chi connectivity index (χ0v) is 28.3. The van der Waals surface area contributed by atoms with E-state index in [9.17, 15) is 4.79 Å². The standard InChI is InChI=1S/C41H45N5O3/c1-29(2)23-25-48-37-21-19-30-12-6-8-17-35(30)39(37)40-36-18-9-7-13-31(36)20-22-38(40)49-28-34-27-46(45-44-34)26-33(16-10-11-24-42)43-41(47)32-14-4-3-5-15-32/h3-9,12-15,17-22,27,29,33H,10-11,16,23-26,28,42H2,1-2H3,(H,43,47)/t33-/m1/s1. The van der Waals surface area contributed by atoms with Crippen LogP contribution in [0.4, 0.5) is 0 Å². The van der Waals surface area contributed by atoms with E-state index in [2.05, 4.69) is 96.2 Å². The number of aromatic nitrogens is 3. The Morgan fingerprint density at radius 3 is 2.06 bits per heavy atom. The lowest BCUT2D eigenvalue weighted by Gasteiger charge is -2.20. The Morgan fingerprint density at radius 2 is 1.41 bits per heavy atom. The quantitative estimate of drug-likeness (QED) is 0.102. The lowest BCUT2D eigenvalue weighted by atomic mass is 9.92. The molecule has 0 fully saturated rings. The monoisotopic (exact) mass is 655 g/mol. The Bertz CT molecular complexity index is 1990. The molecule has 0 bridgehead atoms. The van der Waals surface area contributed by atoms with Crippen LogP contribution in [0.5, 0.6) is 11.5 Å². The number of rotatable bonds is 16. The van der Waals surface area contributed by atoms with Crippen LogP contribution in [-0.4, -0.2) is 40.1 Å². The molecule has 8 nitrogen and oxygen atoms in total. The van der Waals surface area contributed by atoms with Gasteiger partial charge in [0.15, 0.2) is 0 Å². The van der Waals surface area contributed by atoms with E-state index in [0.29, 0.717) is 36.9 Å². The number of benzene rings is 5. The minimum absolute atomic E-state index is 0.105. The first-order valence-corrected chi connectivity index (χ1v) is 17.2. The summed E-state index contributed by atoms with van der Waals surface area (Å²) in [7, 11) is 0. The third-order valence-electron chi connectivity index (χ3n) is 8.73. The summed E-state index contributed by atoms with van der Waals surface area (Å²) < 4.78 is 14.9. The second-order valence-electron chi connectivity index (χ2n) is 12.9. The van der Waals surface area contributed by atoms with Crippen molar-refractivity contribution in [2.45, 2.75) is 58.7 Å².